The molecule has 0 aliphatic carbocycles. The lowest BCUT2D eigenvalue weighted by Gasteiger charge is -2.11. The number of carbonyl (C=O) groups is 2. The van der Waals surface area contributed by atoms with E-state index in [1.165, 1.54) is 0 Å². The minimum atomic E-state index is -0.808. The number of carboxylic acids is 1. The van der Waals surface area contributed by atoms with Gasteiger partial charge in [-0.2, -0.15) is 0 Å². The van der Waals surface area contributed by atoms with E-state index < -0.39 is 11.9 Å². The Morgan fingerprint density at radius 2 is 1.74 bits per heavy atom. The maximum absolute atomic E-state index is 12.4. The van der Waals surface area contributed by atoms with Crippen LogP contribution in [0, 0.1) is 19.8 Å². The second kappa shape index (κ2) is 7.09. The first kappa shape index (κ1) is 16.7. The quantitative estimate of drug-likeness (QED) is 0.882. The molecule has 4 heteroatoms. The highest BCUT2D eigenvalue weighted by molar-refractivity contribution is 6.05. The molecule has 0 bridgehead atoms. The number of hydrogen-bond donors (Lipinski definition) is 2. The zero-order valence-corrected chi connectivity index (χ0v) is 13.6. The van der Waals surface area contributed by atoms with E-state index in [0.29, 0.717) is 17.7 Å². The summed E-state index contributed by atoms with van der Waals surface area (Å²) in [7, 11) is 0. The van der Waals surface area contributed by atoms with Crippen molar-refractivity contribution in [2.24, 2.45) is 5.92 Å². The maximum Gasteiger partial charge on any atom is 0.306 e. The molecule has 4 nitrogen and oxygen atoms in total. The van der Waals surface area contributed by atoms with Gasteiger partial charge in [-0.25, -0.2) is 0 Å². The second-order valence-electron chi connectivity index (χ2n) is 5.84. The summed E-state index contributed by atoms with van der Waals surface area (Å²) in [6, 6.07) is 12.9. The summed E-state index contributed by atoms with van der Waals surface area (Å²) in [6.45, 7) is 5.59. The SMILES string of the molecule is Cc1cccc(C(=O)Nc2ccc(CC(C)C(=O)O)cc2)c1C. The van der Waals surface area contributed by atoms with Gasteiger partial charge in [-0.15, -0.1) is 0 Å². The van der Waals surface area contributed by atoms with Crippen molar-refractivity contribution < 1.29 is 14.7 Å². The van der Waals surface area contributed by atoms with E-state index in [1.54, 1.807) is 25.1 Å². The minimum Gasteiger partial charge on any atom is -0.481 e. The van der Waals surface area contributed by atoms with Crippen LogP contribution >= 0.6 is 0 Å². The summed E-state index contributed by atoms with van der Waals surface area (Å²) < 4.78 is 0. The summed E-state index contributed by atoms with van der Waals surface area (Å²) in [5.74, 6) is -1.37. The Balaban J connectivity index is 2.07. The number of benzene rings is 2. The Hall–Kier alpha value is -2.62. The van der Waals surface area contributed by atoms with Crippen molar-refractivity contribution in [2.75, 3.05) is 5.32 Å². The highest BCUT2D eigenvalue weighted by Crippen LogP contribution is 2.17. The number of aryl methyl sites for hydroxylation is 1. The fourth-order valence-electron chi connectivity index (χ4n) is 2.36. The molecule has 0 radical (unpaired) electrons. The molecule has 0 heterocycles. The van der Waals surface area contributed by atoms with Gasteiger partial charge in [0.25, 0.3) is 5.91 Å². The highest BCUT2D eigenvalue weighted by atomic mass is 16.4. The Kier molecular flexibility index (Phi) is 5.16. The van der Waals surface area contributed by atoms with Crippen molar-refractivity contribution in [3.05, 3.63) is 64.7 Å². The number of hydrogen-bond acceptors (Lipinski definition) is 2. The molecular weight excluding hydrogens is 290 g/mol. The van der Waals surface area contributed by atoms with E-state index in [0.717, 1.165) is 16.7 Å². The molecule has 0 fully saturated rings. The lowest BCUT2D eigenvalue weighted by molar-refractivity contribution is -0.141. The van der Waals surface area contributed by atoms with Gasteiger partial charge in [-0.3, -0.25) is 9.59 Å². The number of aliphatic carboxylic acids is 1. The van der Waals surface area contributed by atoms with E-state index in [9.17, 15) is 9.59 Å². The summed E-state index contributed by atoms with van der Waals surface area (Å²) in [6.07, 6.45) is 0.473. The Morgan fingerprint density at radius 1 is 1.09 bits per heavy atom. The molecule has 120 valence electrons. The number of amides is 1. The van der Waals surface area contributed by atoms with E-state index in [4.69, 9.17) is 5.11 Å². The molecule has 1 unspecified atom stereocenters. The Labute approximate surface area is 136 Å². The van der Waals surface area contributed by atoms with Gasteiger partial charge in [-0.05, 0) is 55.2 Å². The first-order valence-electron chi connectivity index (χ1n) is 7.58. The molecule has 23 heavy (non-hydrogen) atoms. The molecule has 0 saturated carbocycles. The number of nitrogens with one attached hydrogen (secondary N) is 1. The van der Waals surface area contributed by atoms with Crippen molar-refractivity contribution in [1.29, 1.82) is 0 Å². The smallest absolute Gasteiger partial charge is 0.306 e. The summed E-state index contributed by atoms with van der Waals surface area (Å²) >= 11 is 0. The van der Waals surface area contributed by atoms with Gasteiger partial charge in [0, 0.05) is 11.3 Å². The lowest BCUT2D eigenvalue weighted by Crippen LogP contribution is -2.14. The molecule has 2 rings (SSSR count). The number of anilines is 1. The van der Waals surface area contributed by atoms with Crippen molar-refractivity contribution in [3.8, 4) is 0 Å². The van der Waals surface area contributed by atoms with Gasteiger partial charge in [0.05, 0.1) is 5.92 Å². The van der Waals surface area contributed by atoms with E-state index in [-0.39, 0.29) is 5.91 Å². The van der Waals surface area contributed by atoms with Crippen LogP contribution in [0.15, 0.2) is 42.5 Å². The van der Waals surface area contributed by atoms with Gasteiger partial charge >= 0.3 is 5.97 Å². The van der Waals surface area contributed by atoms with Gasteiger partial charge in [0.15, 0.2) is 0 Å². The summed E-state index contributed by atoms with van der Waals surface area (Å²) in [5, 5.41) is 11.8. The third-order valence-electron chi connectivity index (χ3n) is 4.02. The van der Waals surface area contributed by atoms with Gasteiger partial charge in [-0.1, -0.05) is 31.2 Å². The molecule has 0 aliphatic rings. The van der Waals surface area contributed by atoms with Crippen LogP contribution in [0.2, 0.25) is 0 Å². The normalized spacial score (nSPS) is 11.8. The summed E-state index contributed by atoms with van der Waals surface area (Å²) in [5.41, 5.74) is 4.34. The summed E-state index contributed by atoms with van der Waals surface area (Å²) in [4.78, 5) is 23.2. The van der Waals surface area contributed by atoms with Crippen LogP contribution in [0.25, 0.3) is 0 Å². The molecule has 1 amide bonds. The standard InChI is InChI=1S/C19H21NO3/c1-12-5-4-6-17(14(12)3)18(21)20-16-9-7-15(8-10-16)11-13(2)19(22)23/h4-10,13H,11H2,1-3H3,(H,20,21)(H,22,23). The van der Waals surface area contributed by atoms with E-state index >= 15 is 0 Å². The fraction of sp³-hybridized carbons (Fsp3) is 0.263. The molecule has 0 aromatic heterocycles. The molecule has 2 aromatic rings. The number of carboxylic acid groups (broad SMARTS) is 1. The number of rotatable bonds is 5. The zero-order chi connectivity index (χ0) is 17.0. The first-order chi connectivity index (χ1) is 10.9. The topological polar surface area (TPSA) is 66.4 Å². The maximum atomic E-state index is 12.4. The van der Waals surface area contributed by atoms with Crippen LogP contribution in [-0.4, -0.2) is 17.0 Å². The van der Waals surface area contributed by atoms with Crippen molar-refractivity contribution in [1.82, 2.24) is 0 Å². The fourth-order valence-corrected chi connectivity index (χ4v) is 2.36. The van der Waals surface area contributed by atoms with Gasteiger partial charge < -0.3 is 10.4 Å². The molecular formula is C19H21NO3. The number of carbonyl (C=O) groups excluding carboxylic acids is 1. The van der Waals surface area contributed by atoms with E-state index in [2.05, 4.69) is 5.32 Å². The third-order valence-corrected chi connectivity index (χ3v) is 4.02. The van der Waals surface area contributed by atoms with Gasteiger partial charge in [0.2, 0.25) is 0 Å². The van der Waals surface area contributed by atoms with Crippen LogP contribution < -0.4 is 5.32 Å². The largest absolute Gasteiger partial charge is 0.481 e. The van der Waals surface area contributed by atoms with Crippen LogP contribution in [0.1, 0.15) is 34.0 Å². The lowest BCUT2D eigenvalue weighted by atomic mass is 10.0. The zero-order valence-electron chi connectivity index (χ0n) is 13.6. The molecule has 1 atom stereocenters. The monoisotopic (exact) mass is 311 g/mol. The minimum absolute atomic E-state index is 0.141. The van der Waals surface area contributed by atoms with Crippen LogP contribution in [0.5, 0.6) is 0 Å². The van der Waals surface area contributed by atoms with Crippen molar-refractivity contribution in [3.63, 3.8) is 0 Å². The highest BCUT2D eigenvalue weighted by Gasteiger charge is 2.12. The Morgan fingerprint density at radius 3 is 2.35 bits per heavy atom. The third kappa shape index (κ3) is 4.19. The second-order valence-corrected chi connectivity index (χ2v) is 5.84. The van der Waals surface area contributed by atoms with Crippen molar-refractivity contribution >= 4 is 17.6 Å². The van der Waals surface area contributed by atoms with E-state index in [1.807, 2.05) is 38.1 Å². The first-order valence-corrected chi connectivity index (χ1v) is 7.58. The van der Waals surface area contributed by atoms with Crippen LogP contribution in [0.3, 0.4) is 0 Å². The van der Waals surface area contributed by atoms with Crippen LogP contribution in [0.4, 0.5) is 5.69 Å². The predicted molar refractivity (Wildman–Crippen MR) is 90.8 cm³/mol. The molecule has 2 aromatic carbocycles. The Bertz CT molecular complexity index is 720. The average molecular weight is 311 g/mol. The molecule has 0 saturated heterocycles. The predicted octanol–water partition coefficient (Wildman–Crippen LogP) is 3.82. The van der Waals surface area contributed by atoms with Gasteiger partial charge in [0.1, 0.15) is 0 Å². The molecule has 0 spiro atoms. The van der Waals surface area contributed by atoms with Crippen LogP contribution in [-0.2, 0) is 11.2 Å². The molecule has 0 aliphatic heterocycles. The molecule has 2 N–H and O–H groups in total. The van der Waals surface area contributed by atoms with Crippen molar-refractivity contribution in [2.45, 2.75) is 27.2 Å². The average Bonchev–Trinajstić information content (AvgIpc) is 2.51.